The standard InChI is InChI=1S/C14H21NO4/c1-10(8-14(17)15-6-7-16)12-5-4-11(18-2)9-13(12)19-3/h4-5,9-10,16H,6-8H2,1-3H3,(H,15,17). The number of carbonyl (C=O) groups excluding carboxylic acids is 1. The maximum atomic E-state index is 11.6. The summed E-state index contributed by atoms with van der Waals surface area (Å²) in [5.74, 6) is 1.37. The van der Waals surface area contributed by atoms with Crippen LogP contribution in [-0.4, -0.2) is 38.4 Å². The zero-order valence-electron chi connectivity index (χ0n) is 11.6. The monoisotopic (exact) mass is 267 g/mol. The average molecular weight is 267 g/mol. The summed E-state index contributed by atoms with van der Waals surface area (Å²) in [4.78, 5) is 11.6. The van der Waals surface area contributed by atoms with Crippen LogP contribution in [0.4, 0.5) is 0 Å². The lowest BCUT2D eigenvalue weighted by molar-refractivity contribution is -0.121. The molecule has 19 heavy (non-hydrogen) atoms. The fourth-order valence-corrected chi connectivity index (χ4v) is 1.88. The van der Waals surface area contributed by atoms with E-state index in [1.165, 1.54) is 0 Å². The van der Waals surface area contributed by atoms with Gasteiger partial charge in [0.05, 0.1) is 20.8 Å². The van der Waals surface area contributed by atoms with Crippen molar-refractivity contribution in [3.8, 4) is 11.5 Å². The van der Waals surface area contributed by atoms with Crippen LogP contribution in [0.25, 0.3) is 0 Å². The highest BCUT2D eigenvalue weighted by Crippen LogP contribution is 2.31. The van der Waals surface area contributed by atoms with Crippen LogP contribution >= 0.6 is 0 Å². The van der Waals surface area contributed by atoms with Crippen LogP contribution in [0.15, 0.2) is 18.2 Å². The van der Waals surface area contributed by atoms with Crippen molar-refractivity contribution < 1.29 is 19.4 Å². The molecule has 0 aromatic heterocycles. The lowest BCUT2D eigenvalue weighted by Gasteiger charge is -2.16. The van der Waals surface area contributed by atoms with Crippen LogP contribution in [0.3, 0.4) is 0 Å². The summed E-state index contributed by atoms with van der Waals surface area (Å²) in [5.41, 5.74) is 0.961. The summed E-state index contributed by atoms with van der Waals surface area (Å²) in [7, 11) is 3.19. The first kappa shape index (κ1) is 15.3. The third-order valence-corrected chi connectivity index (χ3v) is 2.90. The molecule has 0 heterocycles. The van der Waals surface area contributed by atoms with E-state index >= 15 is 0 Å². The Morgan fingerprint density at radius 3 is 2.68 bits per heavy atom. The number of nitrogens with one attached hydrogen (secondary N) is 1. The number of aliphatic hydroxyl groups is 1. The zero-order chi connectivity index (χ0) is 14.3. The van der Waals surface area contributed by atoms with E-state index in [2.05, 4.69) is 5.32 Å². The van der Waals surface area contributed by atoms with Crippen LogP contribution in [0.5, 0.6) is 11.5 Å². The van der Waals surface area contributed by atoms with Gasteiger partial charge in [-0.05, 0) is 17.5 Å². The van der Waals surface area contributed by atoms with Crippen LogP contribution < -0.4 is 14.8 Å². The number of hydrogen-bond donors (Lipinski definition) is 2. The molecule has 0 bridgehead atoms. The summed E-state index contributed by atoms with van der Waals surface area (Å²) >= 11 is 0. The number of methoxy groups -OCH3 is 2. The molecule has 106 valence electrons. The number of benzene rings is 1. The molecule has 5 heteroatoms. The van der Waals surface area contributed by atoms with E-state index in [4.69, 9.17) is 14.6 Å². The van der Waals surface area contributed by atoms with Crippen molar-refractivity contribution in [3.63, 3.8) is 0 Å². The fourth-order valence-electron chi connectivity index (χ4n) is 1.88. The Kier molecular flexibility index (Phi) is 6.15. The first-order chi connectivity index (χ1) is 9.12. The second-order valence-corrected chi connectivity index (χ2v) is 4.29. The van der Waals surface area contributed by atoms with E-state index in [0.29, 0.717) is 12.2 Å². The van der Waals surface area contributed by atoms with Gasteiger partial charge in [0.2, 0.25) is 5.91 Å². The van der Waals surface area contributed by atoms with Crippen molar-refractivity contribution in [1.82, 2.24) is 5.32 Å². The molecule has 0 saturated heterocycles. The molecular weight excluding hydrogens is 246 g/mol. The van der Waals surface area contributed by atoms with Gasteiger partial charge in [0, 0.05) is 19.0 Å². The van der Waals surface area contributed by atoms with Crippen molar-refractivity contribution in [2.24, 2.45) is 0 Å². The molecule has 0 aliphatic heterocycles. The normalized spacial score (nSPS) is 11.8. The smallest absolute Gasteiger partial charge is 0.220 e. The van der Waals surface area contributed by atoms with E-state index in [0.717, 1.165) is 11.3 Å². The highest BCUT2D eigenvalue weighted by atomic mass is 16.5. The van der Waals surface area contributed by atoms with E-state index in [-0.39, 0.29) is 25.0 Å². The van der Waals surface area contributed by atoms with Gasteiger partial charge in [-0.3, -0.25) is 4.79 Å². The van der Waals surface area contributed by atoms with E-state index in [1.807, 2.05) is 19.1 Å². The summed E-state index contributed by atoms with van der Waals surface area (Å²) < 4.78 is 10.5. The topological polar surface area (TPSA) is 67.8 Å². The molecule has 1 unspecified atom stereocenters. The minimum absolute atomic E-state index is 0.0274. The highest BCUT2D eigenvalue weighted by molar-refractivity contribution is 5.77. The van der Waals surface area contributed by atoms with Gasteiger partial charge in [-0.15, -0.1) is 0 Å². The maximum Gasteiger partial charge on any atom is 0.220 e. The first-order valence-corrected chi connectivity index (χ1v) is 6.21. The molecule has 1 aromatic carbocycles. The van der Waals surface area contributed by atoms with E-state index in [9.17, 15) is 4.79 Å². The van der Waals surface area contributed by atoms with Crippen molar-refractivity contribution in [1.29, 1.82) is 0 Å². The van der Waals surface area contributed by atoms with Crippen molar-refractivity contribution in [2.75, 3.05) is 27.4 Å². The number of rotatable bonds is 7. The number of aliphatic hydroxyl groups excluding tert-OH is 1. The predicted octanol–water partition coefficient (Wildman–Crippen LogP) is 1.31. The molecule has 1 rings (SSSR count). The van der Waals surface area contributed by atoms with Crippen molar-refractivity contribution in [2.45, 2.75) is 19.3 Å². The van der Waals surface area contributed by atoms with Gasteiger partial charge in [0.1, 0.15) is 11.5 Å². The third kappa shape index (κ3) is 4.44. The van der Waals surface area contributed by atoms with Gasteiger partial charge in [-0.25, -0.2) is 0 Å². The van der Waals surface area contributed by atoms with Gasteiger partial charge in [0.25, 0.3) is 0 Å². The van der Waals surface area contributed by atoms with E-state index in [1.54, 1.807) is 20.3 Å². The van der Waals surface area contributed by atoms with Crippen LogP contribution in [0.1, 0.15) is 24.8 Å². The van der Waals surface area contributed by atoms with Gasteiger partial charge in [0.15, 0.2) is 0 Å². The van der Waals surface area contributed by atoms with Gasteiger partial charge in [-0.1, -0.05) is 13.0 Å². The number of amides is 1. The molecular formula is C14H21NO4. The molecule has 1 amide bonds. The second kappa shape index (κ2) is 7.63. The molecule has 0 aliphatic rings. The minimum Gasteiger partial charge on any atom is -0.497 e. The first-order valence-electron chi connectivity index (χ1n) is 6.21. The summed E-state index contributed by atoms with van der Waals surface area (Å²) in [6.07, 6.45) is 0.350. The SMILES string of the molecule is COc1ccc(C(C)CC(=O)NCCO)c(OC)c1. The largest absolute Gasteiger partial charge is 0.497 e. The highest BCUT2D eigenvalue weighted by Gasteiger charge is 2.15. The summed E-state index contributed by atoms with van der Waals surface area (Å²) in [6.45, 7) is 2.19. The van der Waals surface area contributed by atoms with Gasteiger partial charge in [-0.2, -0.15) is 0 Å². The Balaban J connectivity index is 2.75. The molecule has 0 spiro atoms. The van der Waals surface area contributed by atoms with Crippen LogP contribution in [0, 0.1) is 0 Å². The van der Waals surface area contributed by atoms with Crippen LogP contribution in [0.2, 0.25) is 0 Å². The lowest BCUT2D eigenvalue weighted by Crippen LogP contribution is -2.27. The molecule has 0 radical (unpaired) electrons. The minimum atomic E-state index is -0.0839. The molecule has 2 N–H and O–H groups in total. The molecule has 0 saturated carbocycles. The Bertz CT molecular complexity index is 420. The second-order valence-electron chi connectivity index (χ2n) is 4.29. The number of carbonyl (C=O) groups is 1. The van der Waals surface area contributed by atoms with Crippen LogP contribution in [-0.2, 0) is 4.79 Å². The quantitative estimate of drug-likeness (QED) is 0.781. The average Bonchev–Trinajstić information content (AvgIpc) is 2.44. The summed E-state index contributed by atoms with van der Waals surface area (Å²) in [5, 5.41) is 11.3. The lowest BCUT2D eigenvalue weighted by atomic mass is 9.96. The maximum absolute atomic E-state index is 11.6. The van der Waals surface area contributed by atoms with Crippen molar-refractivity contribution >= 4 is 5.91 Å². The molecule has 0 aliphatic carbocycles. The Hall–Kier alpha value is -1.75. The third-order valence-electron chi connectivity index (χ3n) is 2.90. The number of ether oxygens (including phenoxy) is 2. The Morgan fingerprint density at radius 1 is 1.37 bits per heavy atom. The van der Waals surface area contributed by atoms with Gasteiger partial charge >= 0.3 is 0 Å². The fraction of sp³-hybridized carbons (Fsp3) is 0.500. The Morgan fingerprint density at radius 2 is 2.11 bits per heavy atom. The van der Waals surface area contributed by atoms with Crippen molar-refractivity contribution in [3.05, 3.63) is 23.8 Å². The molecule has 5 nitrogen and oxygen atoms in total. The number of hydrogen-bond acceptors (Lipinski definition) is 4. The van der Waals surface area contributed by atoms with Gasteiger partial charge < -0.3 is 19.9 Å². The Labute approximate surface area is 113 Å². The van der Waals surface area contributed by atoms with E-state index < -0.39 is 0 Å². The molecule has 1 atom stereocenters. The summed E-state index contributed by atoms with van der Waals surface area (Å²) in [6, 6.07) is 5.55. The molecule has 1 aromatic rings. The molecule has 0 fully saturated rings. The predicted molar refractivity (Wildman–Crippen MR) is 72.7 cm³/mol. The zero-order valence-corrected chi connectivity index (χ0v) is 11.6.